The minimum atomic E-state index is -0.756. The number of nitrogens with one attached hydrogen (secondary N) is 1. The van der Waals surface area contributed by atoms with Crippen molar-refractivity contribution in [3.8, 4) is 0 Å². The smallest absolute Gasteiger partial charge is 0.244 e. The van der Waals surface area contributed by atoms with Crippen LogP contribution in [0.4, 0.5) is 0 Å². The van der Waals surface area contributed by atoms with Crippen LogP contribution in [0.1, 0.15) is 50.4 Å². The molecule has 29 heavy (non-hydrogen) atoms. The van der Waals surface area contributed by atoms with Crippen molar-refractivity contribution in [2.24, 2.45) is 0 Å². The molecule has 162 valence electrons. The number of amides is 2. The van der Waals surface area contributed by atoms with Crippen LogP contribution in [0.5, 0.6) is 0 Å². The lowest BCUT2D eigenvalue weighted by molar-refractivity contribution is -0.132. The van der Waals surface area contributed by atoms with E-state index in [1.165, 1.54) is 0 Å². The van der Waals surface area contributed by atoms with E-state index in [2.05, 4.69) is 15.3 Å². The fourth-order valence-electron chi connectivity index (χ4n) is 4.59. The molecule has 8 heteroatoms. The van der Waals surface area contributed by atoms with Gasteiger partial charge in [-0.15, -0.1) is 0 Å². The van der Waals surface area contributed by atoms with E-state index in [4.69, 9.17) is 0 Å². The Bertz CT molecular complexity index is 726. The van der Waals surface area contributed by atoms with Crippen LogP contribution in [0.25, 0.3) is 0 Å². The molecule has 0 saturated carbocycles. The summed E-state index contributed by atoms with van der Waals surface area (Å²) < 4.78 is 1.76. The minimum Gasteiger partial charge on any atom is -0.388 e. The molecule has 2 aliphatic rings. The highest BCUT2D eigenvalue weighted by Gasteiger charge is 2.34. The van der Waals surface area contributed by atoms with Gasteiger partial charge < -0.3 is 20.2 Å². The van der Waals surface area contributed by atoms with Gasteiger partial charge in [0.2, 0.25) is 11.8 Å². The number of hydrogen-bond donors (Lipinski definition) is 2. The van der Waals surface area contributed by atoms with Crippen molar-refractivity contribution in [3.05, 3.63) is 17.5 Å². The predicted octanol–water partition coefficient (Wildman–Crippen LogP) is 0.844. The summed E-state index contributed by atoms with van der Waals surface area (Å²) in [5.41, 5.74) is 1.15. The SMILES string of the molecule is CC(=O)NC1CCN(C[C@@]2(O)CCCN(C(=O)Cn3nc(C)cc3C)CC2)CC1. The van der Waals surface area contributed by atoms with Gasteiger partial charge in [0.15, 0.2) is 0 Å². The van der Waals surface area contributed by atoms with Crippen LogP contribution < -0.4 is 5.32 Å². The van der Waals surface area contributed by atoms with Crippen LogP contribution in [0.15, 0.2) is 6.07 Å². The van der Waals surface area contributed by atoms with Crippen LogP contribution in [0, 0.1) is 13.8 Å². The second-order valence-corrected chi connectivity index (χ2v) is 8.79. The van der Waals surface area contributed by atoms with Gasteiger partial charge in [-0.2, -0.15) is 5.10 Å². The van der Waals surface area contributed by atoms with E-state index in [1.807, 2.05) is 24.8 Å². The largest absolute Gasteiger partial charge is 0.388 e. The van der Waals surface area contributed by atoms with Crippen molar-refractivity contribution < 1.29 is 14.7 Å². The van der Waals surface area contributed by atoms with Crippen molar-refractivity contribution >= 4 is 11.8 Å². The van der Waals surface area contributed by atoms with Gasteiger partial charge in [-0.05, 0) is 52.0 Å². The zero-order chi connectivity index (χ0) is 21.0. The highest BCUT2D eigenvalue weighted by Crippen LogP contribution is 2.25. The molecule has 2 saturated heterocycles. The van der Waals surface area contributed by atoms with Crippen LogP contribution in [-0.4, -0.2) is 80.9 Å². The summed E-state index contributed by atoms with van der Waals surface area (Å²) in [6, 6.07) is 2.22. The topological polar surface area (TPSA) is 90.7 Å². The highest BCUT2D eigenvalue weighted by atomic mass is 16.3. The average Bonchev–Trinajstić information content (AvgIpc) is 2.84. The lowest BCUT2D eigenvalue weighted by Crippen LogP contribution is -2.50. The van der Waals surface area contributed by atoms with Crippen LogP contribution in [-0.2, 0) is 16.1 Å². The van der Waals surface area contributed by atoms with E-state index in [-0.39, 0.29) is 24.4 Å². The Morgan fingerprint density at radius 2 is 1.93 bits per heavy atom. The van der Waals surface area contributed by atoms with Crippen molar-refractivity contribution in [1.82, 2.24) is 24.9 Å². The summed E-state index contributed by atoms with van der Waals surface area (Å²) in [5, 5.41) is 18.6. The van der Waals surface area contributed by atoms with Crippen molar-refractivity contribution in [2.45, 2.75) is 71.1 Å². The van der Waals surface area contributed by atoms with Crippen molar-refractivity contribution in [2.75, 3.05) is 32.7 Å². The van der Waals surface area contributed by atoms with Gasteiger partial charge in [-0.3, -0.25) is 14.3 Å². The van der Waals surface area contributed by atoms with Gasteiger partial charge in [-0.25, -0.2) is 0 Å². The lowest BCUT2D eigenvalue weighted by Gasteiger charge is -2.38. The van der Waals surface area contributed by atoms with E-state index < -0.39 is 5.60 Å². The third-order valence-corrected chi connectivity index (χ3v) is 6.17. The third kappa shape index (κ3) is 6.02. The second kappa shape index (κ2) is 9.26. The molecule has 2 fully saturated rings. The quantitative estimate of drug-likeness (QED) is 0.758. The van der Waals surface area contributed by atoms with Crippen molar-refractivity contribution in [3.63, 3.8) is 0 Å². The van der Waals surface area contributed by atoms with Crippen LogP contribution in [0.3, 0.4) is 0 Å². The number of carbonyl (C=O) groups is 2. The summed E-state index contributed by atoms with van der Waals surface area (Å²) in [7, 11) is 0. The zero-order valence-corrected chi connectivity index (χ0v) is 18.0. The molecule has 1 aromatic rings. The zero-order valence-electron chi connectivity index (χ0n) is 18.0. The number of rotatable bonds is 5. The number of likely N-dealkylation sites (tertiary alicyclic amines) is 2. The third-order valence-electron chi connectivity index (χ3n) is 6.17. The summed E-state index contributed by atoms with van der Waals surface area (Å²) in [4.78, 5) is 28.1. The Morgan fingerprint density at radius 1 is 1.21 bits per heavy atom. The molecule has 0 unspecified atom stereocenters. The number of aryl methyl sites for hydroxylation is 2. The number of carbonyl (C=O) groups excluding carboxylic acids is 2. The maximum Gasteiger partial charge on any atom is 0.244 e. The first-order valence-corrected chi connectivity index (χ1v) is 10.7. The van der Waals surface area contributed by atoms with Crippen molar-refractivity contribution in [1.29, 1.82) is 0 Å². The second-order valence-electron chi connectivity index (χ2n) is 8.79. The van der Waals surface area contributed by atoms with Gasteiger partial charge in [0.25, 0.3) is 0 Å². The Hall–Kier alpha value is -1.93. The molecule has 8 nitrogen and oxygen atoms in total. The van der Waals surface area contributed by atoms with E-state index in [9.17, 15) is 14.7 Å². The standard InChI is InChI=1S/C21H35N5O3/c1-16-13-17(2)26(23-16)14-20(28)25-9-4-7-21(29,8-12-25)15-24-10-5-19(6-11-24)22-18(3)27/h13,19,29H,4-12,14-15H2,1-3H3,(H,22,27)/t21-/m1/s1. The molecule has 0 bridgehead atoms. The molecule has 2 N–H and O–H groups in total. The number of aromatic nitrogens is 2. The Morgan fingerprint density at radius 3 is 2.55 bits per heavy atom. The normalized spacial score (nSPS) is 24.3. The molecule has 2 amide bonds. The fraction of sp³-hybridized carbons (Fsp3) is 0.762. The molecule has 0 radical (unpaired) electrons. The number of hydrogen-bond acceptors (Lipinski definition) is 5. The highest BCUT2D eigenvalue weighted by molar-refractivity contribution is 5.76. The number of piperidine rings is 1. The monoisotopic (exact) mass is 405 g/mol. The molecule has 0 aromatic carbocycles. The minimum absolute atomic E-state index is 0.0241. The van der Waals surface area contributed by atoms with Gasteiger partial charge in [0.1, 0.15) is 6.54 Å². The summed E-state index contributed by atoms with van der Waals surface area (Å²) in [5.74, 6) is 0.0904. The molecule has 0 spiro atoms. The summed E-state index contributed by atoms with van der Waals surface area (Å²) in [6.45, 7) is 9.38. The van der Waals surface area contributed by atoms with Gasteiger partial charge in [-0.1, -0.05) is 0 Å². The predicted molar refractivity (Wildman–Crippen MR) is 110 cm³/mol. The van der Waals surface area contributed by atoms with Gasteiger partial charge in [0, 0.05) is 51.4 Å². The summed E-state index contributed by atoms with van der Waals surface area (Å²) in [6.07, 6.45) is 3.96. The fourth-order valence-corrected chi connectivity index (χ4v) is 4.59. The first-order chi connectivity index (χ1) is 13.7. The van der Waals surface area contributed by atoms with Gasteiger partial charge >= 0.3 is 0 Å². The Labute approximate surface area is 173 Å². The molecule has 3 heterocycles. The molecule has 3 rings (SSSR count). The van der Waals surface area contributed by atoms with E-state index >= 15 is 0 Å². The first kappa shape index (κ1) is 21.8. The first-order valence-electron chi connectivity index (χ1n) is 10.7. The van der Waals surface area contributed by atoms with E-state index in [1.54, 1.807) is 11.6 Å². The van der Waals surface area contributed by atoms with E-state index in [0.29, 0.717) is 32.5 Å². The molecule has 0 aliphatic carbocycles. The van der Waals surface area contributed by atoms with Crippen LogP contribution >= 0.6 is 0 Å². The lowest BCUT2D eigenvalue weighted by atomic mass is 9.93. The Balaban J connectivity index is 1.49. The summed E-state index contributed by atoms with van der Waals surface area (Å²) >= 11 is 0. The van der Waals surface area contributed by atoms with Gasteiger partial charge in [0.05, 0.1) is 11.3 Å². The number of aliphatic hydroxyl groups is 1. The molecule has 1 atom stereocenters. The average molecular weight is 406 g/mol. The Kier molecular flexibility index (Phi) is 6.95. The maximum absolute atomic E-state index is 12.7. The molecular formula is C21H35N5O3. The van der Waals surface area contributed by atoms with E-state index in [0.717, 1.165) is 43.7 Å². The number of β-amino-alcohol motifs (C(OH)–C–C–N with tert-alkyl or cyclic N) is 1. The number of nitrogens with zero attached hydrogens (tertiary/aromatic N) is 4. The molecule has 1 aromatic heterocycles. The maximum atomic E-state index is 12.7. The molecule has 2 aliphatic heterocycles. The molecular weight excluding hydrogens is 370 g/mol. The van der Waals surface area contributed by atoms with Crippen LogP contribution in [0.2, 0.25) is 0 Å².